The molecular weight excluding hydrogens is 599 g/mol. The van der Waals surface area contributed by atoms with E-state index in [0.717, 1.165) is 65.6 Å². The summed E-state index contributed by atoms with van der Waals surface area (Å²) in [6.07, 6.45) is 0. The zero-order chi connectivity index (χ0) is 32.3. The predicted octanol–water partition coefficient (Wildman–Crippen LogP) is 11.9. The first-order valence-electron chi connectivity index (χ1n) is 16.5. The highest BCUT2D eigenvalue weighted by atomic mass is 16.3. The van der Waals surface area contributed by atoms with Crippen LogP contribution in [-0.4, -0.2) is 15.0 Å². The van der Waals surface area contributed by atoms with Crippen molar-refractivity contribution in [1.82, 2.24) is 15.0 Å². The number of benzene rings is 8. The third-order valence-electron chi connectivity index (χ3n) is 9.52. The first kappa shape index (κ1) is 27.5. The minimum atomic E-state index is 0.621. The van der Waals surface area contributed by atoms with Crippen LogP contribution in [0.25, 0.3) is 99.5 Å². The van der Waals surface area contributed by atoms with Gasteiger partial charge in [0.25, 0.3) is 0 Å². The molecule has 0 aliphatic rings. The molecule has 10 rings (SSSR count). The zero-order valence-electron chi connectivity index (χ0n) is 26.3. The van der Waals surface area contributed by atoms with Gasteiger partial charge in [0.15, 0.2) is 17.5 Å². The number of hydrogen-bond donors (Lipinski definition) is 0. The number of hydrogen-bond acceptors (Lipinski definition) is 4. The first-order chi connectivity index (χ1) is 24.3. The Bertz CT molecular complexity index is 2880. The summed E-state index contributed by atoms with van der Waals surface area (Å²) >= 11 is 0. The Morgan fingerprint density at radius 3 is 1.61 bits per heavy atom. The van der Waals surface area contributed by atoms with Crippen molar-refractivity contribution in [2.24, 2.45) is 0 Å². The van der Waals surface area contributed by atoms with Gasteiger partial charge in [0, 0.05) is 32.8 Å². The van der Waals surface area contributed by atoms with Gasteiger partial charge < -0.3 is 4.42 Å². The van der Waals surface area contributed by atoms with Crippen molar-refractivity contribution >= 4 is 54.3 Å². The zero-order valence-corrected chi connectivity index (χ0v) is 26.3. The second kappa shape index (κ2) is 11.0. The van der Waals surface area contributed by atoms with Gasteiger partial charge in [-0.05, 0) is 56.3 Å². The molecule has 49 heavy (non-hydrogen) atoms. The molecule has 0 N–H and O–H groups in total. The van der Waals surface area contributed by atoms with Gasteiger partial charge in [0.1, 0.15) is 11.2 Å². The van der Waals surface area contributed by atoms with Crippen molar-refractivity contribution in [2.45, 2.75) is 0 Å². The summed E-state index contributed by atoms with van der Waals surface area (Å²) in [5.74, 6) is 1.89. The molecule has 2 aromatic heterocycles. The molecule has 0 bridgehead atoms. The molecule has 0 saturated heterocycles. The fourth-order valence-electron chi connectivity index (χ4n) is 7.25. The monoisotopic (exact) mass is 625 g/mol. The Balaban J connectivity index is 1.24. The minimum absolute atomic E-state index is 0.621. The Kier molecular flexibility index (Phi) is 6.15. The standard InChI is InChI=1S/C45H27N3O/c1-3-13-28(14-4-1)31-25-26-37(34-19-8-7-17-32(31)34)45-47-43(29-15-5-2-6-16-29)46-44(48-45)30-23-24-35-33-18-9-10-20-36(33)42-41(39(35)27-30)38-21-11-12-22-40(38)49-42/h1-27H. The van der Waals surface area contributed by atoms with Crippen molar-refractivity contribution in [3.05, 3.63) is 164 Å². The Labute approximate surface area is 282 Å². The fraction of sp³-hybridized carbons (Fsp3) is 0. The van der Waals surface area contributed by atoms with Crippen LogP contribution in [0.1, 0.15) is 0 Å². The van der Waals surface area contributed by atoms with E-state index in [9.17, 15) is 0 Å². The van der Waals surface area contributed by atoms with E-state index in [2.05, 4.69) is 115 Å². The van der Waals surface area contributed by atoms with E-state index in [1.54, 1.807) is 0 Å². The molecule has 2 heterocycles. The summed E-state index contributed by atoms with van der Waals surface area (Å²) in [5.41, 5.74) is 6.94. The molecule has 0 aliphatic carbocycles. The highest BCUT2D eigenvalue weighted by Gasteiger charge is 2.19. The molecule has 228 valence electrons. The van der Waals surface area contributed by atoms with Crippen LogP contribution >= 0.6 is 0 Å². The molecule has 0 atom stereocenters. The summed E-state index contributed by atoms with van der Waals surface area (Å²) in [6, 6.07) is 56.8. The molecule has 0 unspecified atom stereocenters. The summed E-state index contributed by atoms with van der Waals surface area (Å²) in [6.45, 7) is 0. The van der Waals surface area contributed by atoms with E-state index in [0.29, 0.717) is 17.5 Å². The van der Waals surface area contributed by atoms with Gasteiger partial charge in [-0.3, -0.25) is 0 Å². The Morgan fingerprint density at radius 2 is 0.857 bits per heavy atom. The predicted molar refractivity (Wildman–Crippen MR) is 201 cm³/mol. The summed E-state index contributed by atoms with van der Waals surface area (Å²) in [5, 5.41) is 8.98. The molecule has 8 aromatic carbocycles. The molecule has 0 aliphatic heterocycles. The number of aromatic nitrogens is 3. The normalized spacial score (nSPS) is 11.7. The van der Waals surface area contributed by atoms with Crippen LogP contribution < -0.4 is 0 Å². The maximum absolute atomic E-state index is 6.51. The van der Waals surface area contributed by atoms with E-state index in [-0.39, 0.29) is 0 Å². The van der Waals surface area contributed by atoms with Crippen LogP contribution in [0.5, 0.6) is 0 Å². The van der Waals surface area contributed by atoms with Gasteiger partial charge in [-0.15, -0.1) is 0 Å². The Hall–Kier alpha value is -6.65. The van der Waals surface area contributed by atoms with Crippen molar-refractivity contribution < 1.29 is 4.42 Å². The average molecular weight is 626 g/mol. The van der Waals surface area contributed by atoms with Crippen molar-refractivity contribution in [3.63, 3.8) is 0 Å². The summed E-state index contributed by atoms with van der Waals surface area (Å²) < 4.78 is 6.51. The SMILES string of the molecule is c1ccc(-c2nc(-c3ccc4c5ccccc5c5oc6ccccc6c5c4c3)nc(-c3ccc(-c4ccccc4)c4ccccc34)n2)cc1. The smallest absolute Gasteiger partial charge is 0.164 e. The van der Waals surface area contributed by atoms with Gasteiger partial charge in [0.05, 0.1) is 0 Å². The third-order valence-corrected chi connectivity index (χ3v) is 9.52. The third kappa shape index (κ3) is 4.42. The van der Waals surface area contributed by atoms with E-state index < -0.39 is 0 Å². The quantitative estimate of drug-likeness (QED) is 0.183. The van der Waals surface area contributed by atoms with Crippen LogP contribution in [0.4, 0.5) is 0 Å². The second-order valence-electron chi connectivity index (χ2n) is 12.4. The highest BCUT2D eigenvalue weighted by Crippen LogP contribution is 2.42. The summed E-state index contributed by atoms with van der Waals surface area (Å²) in [7, 11) is 0. The molecule has 0 saturated carbocycles. The van der Waals surface area contributed by atoms with Crippen LogP contribution in [0.15, 0.2) is 168 Å². The van der Waals surface area contributed by atoms with Crippen LogP contribution in [0, 0.1) is 0 Å². The molecule has 0 fully saturated rings. The first-order valence-corrected chi connectivity index (χ1v) is 16.5. The number of para-hydroxylation sites is 1. The van der Waals surface area contributed by atoms with E-state index in [1.165, 1.54) is 16.5 Å². The lowest BCUT2D eigenvalue weighted by Gasteiger charge is -2.13. The average Bonchev–Trinajstić information content (AvgIpc) is 3.58. The largest absolute Gasteiger partial charge is 0.455 e. The van der Waals surface area contributed by atoms with Crippen molar-refractivity contribution in [2.75, 3.05) is 0 Å². The van der Waals surface area contributed by atoms with Crippen molar-refractivity contribution in [1.29, 1.82) is 0 Å². The minimum Gasteiger partial charge on any atom is -0.455 e. The van der Waals surface area contributed by atoms with Gasteiger partial charge in [-0.1, -0.05) is 146 Å². The van der Waals surface area contributed by atoms with Gasteiger partial charge in [-0.25, -0.2) is 15.0 Å². The molecular formula is C45H27N3O. The molecule has 0 amide bonds. The number of fused-ring (bicyclic) bond motifs is 9. The van der Waals surface area contributed by atoms with Gasteiger partial charge in [-0.2, -0.15) is 0 Å². The molecule has 4 nitrogen and oxygen atoms in total. The number of rotatable bonds is 4. The second-order valence-corrected chi connectivity index (χ2v) is 12.4. The topological polar surface area (TPSA) is 51.8 Å². The van der Waals surface area contributed by atoms with E-state index in [4.69, 9.17) is 19.4 Å². The molecule has 4 heteroatoms. The van der Waals surface area contributed by atoms with Crippen LogP contribution in [0.2, 0.25) is 0 Å². The van der Waals surface area contributed by atoms with Crippen LogP contribution in [-0.2, 0) is 0 Å². The number of nitrogens with zero attached hydrogens (tertiary/aromatic N) is 3. The molecule has 10 aromatic rings. The summed E-state index contributed by atoms with van der Waals surface area (Å²) in [4.78, 5) is 15.4. The maximum Gasteiger partial charge on any atom is 0.164 e. The number of furan rings is 1. The fourth-order valence-corrected chi connectivity index (χ4v) is 7.25. The van der Waals surface area contributed by atoms with Crippen molar-refractivity contribution in [3.8, 4) is 45.3 Å². The Morgan fingerprint density at radius 1 is 0.327 bits per heavy atom. The molecule has 0 spiro atoms. The highest BCUT2D eigenvalue weighted by molar-refractivity contribution is 6.30. The van der Waals surface area contributed by atoms with Gasteiger partial charge >= 0.3 is 0 Å². The van der Waals surface area contributed by atoms with Crippen LogP contribution in [0.3, 0.4) is 0 Å². The lowest BCUT2D eigenvalue weighted by Crippen LogP contribution is -2.01. The lowest BCUT2D eigenvalue weighted by atomic mass is 9.94. The molecule has 0 radical (unpaired) electrons. The van der Waals surface area contributed by atoms with E-state index >= 15 is 0 Å². The lowest BCUT2D eigenvalue weighted by molar-refractivity contribution is 0.673. The van der Waals surface area contributed by atoms with E-state index in [1.807, 2.05) is 48.5 Å². The van der Waals surface area contributed by atoms with Gasteiger partial charge in [0.2, 0.25) is 0 Å². The maximum atomic E-state index is 6.51.